The Bertz CT molecular complexity index is 857. The van der Waals surface area contributed by atoms with Gasteiger partial charge in [-0.15, -0.1) is 0 Å². The number of hydrogen-bond acceptors (Lipinski definition) is 5. The van der Waals surface area contributed by atoms with Gasteiger partial charge < -0.3 is 10.6 Å². The Kier molecular flexibility index (Phi) is 4.69. The summed E-state index contributed by atoms with van der Waals surface area (Å²) >= 11 is 3.44. The third-order valence-corrected chi connectivity index (χ3v) is 4.69. The summed E-state index contributed by atoms with van der Waals surface area (Å²) in [6.45, 7) is 1.70. The number of benzene rings is 1. The number of nitriles is 2. The fourth-order valence-electron chi connectivity index (χ4n) is 2.99. The average molecular weight is 382 g/mol. The first kappa shape index (κ1) is 16.3. The van der Waals surface area contributed by atoms with E-state index >= 15 is 0 Å². The Morgan fingerprint density at radius 1 is 1.08 bits per heavy atom. The highest BCUT2D eigenvalue weighted by molar-refractivity contribution is 9.10. The second-order valence-electron chi connectivity index (χ2n) is 5.73. The molecule has 6 heteroatoms. The van der Waals surface area contributed by atoms with Gasteiger partial charge in [0.25, 0.3) is 0 Å². The molecule has 2 heterocycles. The molecule has 3 rings (SSSR count). The average Bonchev–Trinajstić information content (AvgIpc) is 2.61. The van der Waals surface area contributed by atoms with Gasteiger partial charge in [-0.05, 0) is 31.4 Å². The summed E-state index contributed by atoms with van der Waals surface area (Å²) < 4.78 is 0.896. The zero-order valence-corrected chi connectivity index (χ0v) is 14.7. The van der Waals surface area contributed by atoms with Crippen LogP contribution in [0.1, 0.15) is 30.4 Å². The van der Waals surface area contributed by atoms with Gasteiger partial charge in [0.15, 0.2) is 0 Å². The van der Waals surface area contributed by atoms with Gasteiger partial charge in [0.05, 0.1) is 11.4 Å². The molecule has 2 aromatic rings. The molecule has 120 valence electrons. The van der Waals surface area contributed by atoms with E-state index in [-0.39, 0.29) is 11.3 Å². The molecule has 0 saturated carbocycles. The lowest BCUT2D eigenvalue weighted by Crippen LogP contribution is -2.31. The second-order valence-corrected chi connectivity index (χ2v) is 6.65. The fraction of sp³-hybridized carbons (Fsp3) is 0.278. The molecule has 1 aliphatic rings. The summed E-state index contributed by atoms with van der Waals surface area (Å²) in [5, 5.41) is 19.1. The number of nitrogens with zero attached hydrogens (tertiary/aromatic N) is 4. The number of hydrogen-bond donors (Lipinski definition) is 1. The summed E-state index contributed by atoms with van der Waals surface area (Å²) in [5.74, 6) is 0.587. The molecule has 0 radical (unpaired) electrons. The third-order valence-electron chi connectivity index (χ3n) is 4.19. The maximum Gasteiger partial charge on any atom is 0.149 e. The first-order valence-electron chi connectivity index (χ1n) is 7.80. The van der Waals surface area contributed by atoms with Crippen molar-refractivity contribution < 1.29 is 0 Å². The van der Waals surface area contributed by atoms with E-state index < -0.39 is 0 Å². The highest BCUT2D eigenvalue weighted by Crippen LogP contribution is 2.35. The predicted molar refractivity (Wildman–Crippen MR) is 97.3 cm³/mol. The van der Waals surface area contributed by atoms with Crippen LogP contribution in [0.15, 0.2) is 28.7 Å². The van der Waals surface area contributed by atoms with Crippen molar-refractivity contribution in [2.75, 3.05) is 23.7 Å². The molecule has 1 aromatic heterocycles. The van der Waals surface area contributed by atoms with Crippen molar-refractivity contribution in [3.05, 3.63) is 39.9 Å². The SMILES string of the molecule is N#Cc1c(-c2cccc(Br)c2)nc(N2CCCCC2)c(C#N)c1N. The van der Waals surface area contributed by atoms with Crippen molar-refractivity contribution in [2.24, 2.45) is 0 Å². The molecule has 1 fully saturated rings. The molecular formula is C18H16BrN5. The number of nitrogens with two attached hydrogens (primary N) is 1. The van der Waals surface area contributed by atoms with Crippen molar-refractivity contribution >= 4 is 27.4 Å². The van der Waals surface area contributed by atoms with E-state index in [0.717, 1.165) is 36.0 Å². The second kappa shape index (κ2) is 6.90. The van der Waals surface area contributed by atoms with Gasteiger partial charge in [0.1, 0.15) is 29.1 Å². The number of nitrogen functional groups attached to an aromatic ring is 1. The van der Waals surface area contributed by atoms with Crippen LogP contribution in [0, 0.1) is 22.7 Å². The molecule has 24 heavy (non-hydrogen) atoms. The van der Waals surface area contributed by atoms with E-state index in [1.165, 1.54) is 6.42 Å². The number of pyridine rings is 1. The normalized spacial score (nSPS) is 14.0. The quantitative estimate of drug-likeness (QED) is 0.853. The van der Waals surface area contributed by atoms with E-state index in [1.54, 1.807) is 0 Å². The molecule has 5 nitrogen and oxygen atoms in total. The standard InChI is InChI=1S/C18H16BrN5/c19-13-6-4-5-12(9-13)17-14(10-20)16(22)15(11-21)18(23-17)24-7-2-1-3-8-24/h4-6,9H,1-3,7-8H2,(H2,22,23). The van der Waals surface area contributed by atoms with Gasteiger partial charge in [-0.2, -0.15) is 10.5 Å². The van der Waals surface area contributed by atoms with E-state index in [2.05, 4.69) is 33.0 Å². The fourth-order valence-corrected chi connectivity index (χ4v) is 3.39. The summed E-state index contributed by atoms with van der Waals surface area (Å²) in [6, 6.07) is 11.8. The Labute approximate surface area is 149 Å². The van der Waals surface area contributed by atoms with Crippen LogP contribution in [0.25, 0.3) is 11.3 Å². The molecule has 1 aromatic carbocycles. The van der Waals surface area contributed by atoms with E-state index in [1.807, 2.05) is 24.3 Å². The van der Waals surface area contributed by atoms with Gasteiger partial charge in [-0.1, -0.05) is 28.1 Å². The van der Waals surface area contributed by atoms with Crippen LogP contribution in [0.5, 0.6) is 0 Å². The molecule has 0 bridgehead atoms. The molecule has 0 aliphatic carbocycles. The lowest BCUT2D eigenvalue weighted by atomic mass is 10.0. The van der Waals surface area contributed by atoms with Crippen LogP contribution in [-0.4, -0.2) is 18.1 Å². The molecule has 0 spiro atoms. The summed E-state index contributed by atoms with van der Waals surface area (Å²) in [4.78, 5) is 6.79. The van der Waals surface area contributed by atoms with Crippen LogP contribution in [0.4, 0.5) is 11.5 Å². The van der Waals surface area contributed by atoms with Crippen molar-refractivity contribution in [1.82, 2.24) is 4.98 Å². The summed E-state index contributed by atoms with van der Waals surface area (Å²) in [6.07, 6.45) is 3.32. The topological polar surface area (TPSA) is 89.7 Å². The molecule has 1 aliphatic heterocycles. The minimum absolute atomic E-state index is 0.213. The minimum Gasteiger partial charge on any atom is -0.396 e. The number of piperidine rings is 1. The Morgan fingerprint density at radius 3 is 2.42 bits per heavy atom. The Morgan fingerprint density at radius 2 is 1.79 bits per heavy atom. The van der Waals surface area contributed by atoms with Gasteiger partial charge in [0.2, 0.25) is 0 Å². The molecule has 0 atom stereocenters. The third kappa shape index (κ3) is 2.93. The largest absolute Gasteiger partial charge is 0.396 e. The Hall–Kier alpha value is -2.57. The maximum absolute atomic E-state index is 9.55. The Balaban J connectivity index is 2.23. The van der Waals surface area contributed by atoms with E-state index in [4.69, 9.17) is 10.7 Å². The van der Waals surface area contributed by atoms with Crippen LogP contribution >= 0.6 is 15.9 Å². The van der Waals surface area contributed by atoms with Crippen molar-refractivity contribution in [2.45, 2.75) is 19.3 Å². The first-order valence-corrected chi connectivity index (χ1v) is 8.59. The summed E-state index contributed by atoms with van der Waals surface area (Å²) in [7, 11) is 0. The van der Waals surface area contributed by atoms with E-state index in [9.17, 15) is 10.5 Å². The zero-order chi connectivity index (χ0) is 17.1. The number of anilines is 2. The van der Waals surface area contributed by atoms with Crippen molar-refractivity contribution in [3.8, 4) is 23.4 Å². The molecule has 0 amide bonds. The predicted octanol–water partition coefficient (Wildman–Crippen LogP) is 3.83. The van der Waals surface area contributed by atoms with Gasteiger partial charge in [-0.25, -0.2) is 4.98 Å². The zero-order valence-electron chi connectivity index (χ0n) is 13.1. The van der Waals surface area contributed by atoms with Crippen molar-refractivity contribution in [1.29, 1.82) is 10.5 Å². The molecular weight excluding hydrogens is 366 g/mol. The van der Waals surface area contributed by atoms with Crippen LogP contribution < -0.4 is 10.6 Å². The summed E-state index contributed by atoms with van der Waals surface area (Å²) in [5.41, 5.74) is 8.26. The number of halogens is 1. The highest BCUT2D eigenvalue weighted by Gasteiger charge is 2.23. The molecule has 1 saturated heterocycles. The van der Waals surface area contributed by atoms with Crippen LogP contribution in [0.3, 0.4) is 0 Å². The van der Waals surface area contributed by atoms with Gasteiger partial charge in [0, 0.05) is 23.1 Å². The first-order chi connectivity index (χ1) is 11.7. The van der Waals surface area contributed by atoms with Gasteiger partial charge in [-0.3, -0.25) is 0 Å². The van der Waals surface area contributed by atoms with E-state index in [0.29, 0.717) is 17.1 Å². The van der Waals surface area contributed by atoms with Crippen LogP contribution in [-0.2, 0) is 0 Å². The highest BCUT2D eigenvalue weighted by atomic mass is 79.9. The number of rotatable bonds is 2. The minimum atomic E-state index is 0.213. The van der Waals surface area contributed by atoms with Crippen molar-refractivity contribution in [3.63, 3.8) is 0 Å². The molecule has 2 N–H and O–H groups in total. The monoisotopic (exact) mass is 381 g/mol. The smallest absolute Gasteiger partial charge is 0.149 e. The maximum atomic E-state index is 9.55. The van der Waals surface area contributed by atoms with Crippen LogP contribution in [0.2, 0.25) is 0 Å². The lowest BCUT2D eigenvalue weighted by molar-refractivity contribution is 0.573. The van der Waals surface area contributed by atoms with Gasteiger partial charge >= 0.3 is 0 Å². The lowest BCUT2D eigenvalue weighted by Gasteiger charge is -2.29. The molecule has 0 unspecified atom stereocenters. The number of aromatic nitrogens is 1.